The molecule has 1 aliphatic rings. The van der Waals surface area contributed by atoms with Gasteiger partial charge in [0.2, 0.25) is 5.91 Å². The molecule has 4 nitrogen and oxygen atoms in total. The highest BCUT2D eigenvalue weighted by molar-refractivity contribution is 5.94. The van der Waals surface area contributed by atoms with Crippen molar-refractivity contribution >= 4 is 17.4 Å². The number of hydrogen-bond acceptors (Lipinski definition) is 3. The third kappa shape index (κ3) is 2.50. The summed E-state index contributed by atoms with van der Waals surface area (Å²) in [4.78, 5) is 22.5. The zero-order chi connectivity index (χ0) is 14.1. The topological polar surface area (TPSA) is 59.3 Å². The molecule has 0 unspecified atom stereocenters. The summed E-state index contributed by atoms with van der Waals surface area (Å²) in [7, 11) is 0. The van der Waals surface area contributed by atoms with Crippen LogP contribution >= 0.6 is 0 Å². The molecule has 0 saturated carbocycles. The lowest BCUT2D eigenvalue weighted by Gasteiger charge is -2.17. The maximum atomic E-state index is 11.3. The van der Waals surface area contributed by atoms with Gasteiger partial charge in [-0.05, 0) is 35.7 Å². The monoisotopic (exact) mass is 269 g/mol. The molecule has 2 aromatic rings. The number of fused-ring (bicyclic) bond motifs is 1. The van der Waals surface area contributed by atoms with Gasteiger partial charge in [0.05, 0.1) is 0 Å². The average Bonchev–Trinajstić information content (AvgIpc) is 2.88. The summed E-state index contributed by atoms with van der Waals surface area (Å²) in [6, 6.07) is 9.52. The summed E-state index contributed by atoms with van der Waals surface area (Å²) in [5, 5.41) is 2.86. The fourth-order valence-electron chi connectivity index (χ4n) is 2.41. The molecule has 1 aliphatic heterocycles. The van der Waals surface area contributed by atoms with Crippen molar-refractivity contribution in [2.24, 2.45) is 0 Å². The zero-order valence-corrected chi connectivity index (χ0v) is 11.2. The molecule has 1 aromatic carbocycles. The first kappa shape index (κ1) is 12.7. The molecule has 3 rings (SSSR count). The van der Waals surface area contributed by atoms with Gasteiger partial charge in [0.25, 0.3) is 0 Å². The van der Waals surface area contributed by atoms with Gasteiger partial charge in [0.1, 0.15) is 5.76 Å². The van der Waals surface area contributed by atoms with E-state index in [1.165, 1.54) is 6.92 Å². The predicted molar refractivity (Wildman–Crippen MR) is 74.9 cm³/mol. The molecule has 0 aliphatic carbocycles. The second kappa shape index (κ2) is 4.96. The van der Waals surface area contributed by atoms with Crippen LogP contribution in [0.15, 0.2) is 34.7 Å². The molecule has 1 amide bonds. The van der Waals surface area contributed by atoms with E-state index in [0.717, 1.165) is 29.0 Å². The lowest BCUT2D eigenvalue weighted by molar-refractivity contribution is -0.116. The number of nitrogens with one attached hydrogen (secondary N) is 1. The van der Waals surface area contributed by atoms with Crippen LogP contribution in [0.4, 0.5) is 5.69 Å². The molecule has 102 valence electrons. The number of anilines is 1. The molecule has 0 fully saturated rings. The molecule has 0 radical (unpaired) electrons. The van der Waals surface area contributed by atoms with Crippen molar-refractivity contribution in [3.05, 3.63) is 53.0 Å². The lowest BCUT2D eigenvalue weighted by atomic mass is 9.99. The minimum absolute atomic E-state index is 0.0654. The first-order valence-corrected chi connectivity index (χ1v) is 6.63. The standard InChI is InChI=1S/C16H15NO3/c1-10(18)15-6-4-13(20-15)9-11-2-5-14-12(8-11)3-7-16(19)17-14/h2,4-6,8H,3,7,9H2,1H3,(H,17,19). The number of carbonyl (C=O) groups excluding carboxylic acids is 2. The number of ketones is 1. The molecule has 0 saturated heterocycles. The van der Waals surface area contributed by atoms with Crippen LogP contribution in [-0.2, 0) is 17.6 Å². The van der Waals surface area contributed by atoms with Gasteiger partial charge in [-0.1, -0.05) is 12.1 Å². The van der Waals surface area contributed by atoms with E-state index in [1.54, 1.807) is 6.07 Å². The molecule has 0 bridgehead atoms. The van der Waals surface area contributed by atoms with Gasteiger partial charge >= 0.3 is 0 Å². The third-order valence-electron chi connectivity index (χ3n) is 3.45. The summed E-state index contributed by atoms with van der Waals surface area (Å²) in [5.74, 6) is 1.17. The molecular weight excluding hydrogens is 254 g/mol. The Morgan fingerprint density at radius 1 is 1.25 bits per heavy atom. The van der Waals surface area contributed by atoms with Gasteiger partial charge in [-0.25, -0.2) is 0 Å². The summed E-state index contributed by atoms with van der Waals surface area (Å²) < 4.78 is 5.49. The van der Waals surface area contributed by atoms with E-state index < -0.39 is 0 Å². The van der Waals surface area contributed by atoms with Crippen molar-refractivity contribution in [2.75, 3.05) is 5.32 Å². The number of benzene rings is 1. The Labute approximate surface area is 116 Å². The van der Waals surface area contributed by atoms with Crippen LogP contribution in [-0.4, -0.2) is 11.7 Å². The van der Waals surface area contributed by atoms with Gasteiger partial charge in [0.15, 0.2) is 11.5 Å². The number of rotatable bonds is 3. The Hall–Kier alpha value is -2.36. The maximum Gasteiger partial charge on any atom is 0.224 e. The zero-order valence-electron chi connectivity index (χ0n) is 11.2. The molecule has 1 N–H and O–H groups in total. The highest BCUT2D eigenvalue weighted by atomic mass is 16.3. The number of hydrogen-bond donors (Lipinski definition) is 1. The van der Waals surface area contributed by atoms with Gasteiger partial charge in [0, 0.05) is 25.5 Å². The Kier molecular flexibility index (Phi) is 3.14. The van der Waals surface area contributed by atoms with Crippen molar-refractivity contribution < 1.29 is 14.0 Å². The molecule has 1 aromatic heterocycles. The minimum atomic E-state index is -0.0654. The normalized spacial score (nSPS) is 13.8. The number of aryl methyl sites for hydroxylation is 1. The highest BCUT2D eigenvalue weighted by Crippen LogP contribution is 2.25. The van der Waals surface area contributed by atoms with Crippen LogP contribution in [0.1, 0.15) is 40.8 Å². The minimum Gasteiger partial charge on any atom is -0.458 e. The molecule has 0 spiro atoms. The van der Waals surface area contributed by atoms with Crippen LogP contribution in [0.25, 0.3) is 0 Å². The summed E-state index contributed by atoms with van der Waals surface area (Å²) in [5.41, 5.74) is 3.17. The van der Waals surface area contributed by atoms with E-state index in [2.05, 4.69) is 11.4 Å². The molecule has 4 heteroatoms. The van der Waals surface area contributed by atoms with Crippen molar-refractivity contribution in [1.29, 1.82) is 0 Å². The molecule has 0 atom stereocenters. The van der Waals surface area contributed by atoms with E-state index in [1.807, 2.05) is 18.2 Å². The fraction of sp³-hybridized carbons (Fsp3) is 0.250. The van der Waals surface area contributed by atoms with Crippen LogP contribution in [0.3, 0.4) is 0 Å². The van der Waals surface area contributed by atoms with E-state index in [9.17, 15) is 9.59 Å². The number of furan rings is 1. The van der Waals surface area contributed by atoms with Crippen LogP contribution in [0, 0.1) is 0 Å². The van der Waals surface area contributed by atoms with E-state index in [0.29, 0.717) is 18.6 Å². The first-order valence-electron chi connectivity index (χ1n) is 6.63. The number of amides is 1. The fourth-order valence-corrected chi connectivity index (χ4v) is 2.41. The lowest BCUT2D eigenvalue weighted by Crippen LogP contribution is -2.18. The Balaban J connectivity index is 1.80. The van der Waals surface area contributed by atoms with E-state index >= 15 is 0 Å². The van der Waals surface area contributed by atoms with Crippen LogP contribution in [0.5, 0.6) is 0 Å². The SMILES string of the molecule is CC(=O)c1ccc(Cc2ccc3c(c2)CCC(=O)N3)o1. The van der Waals surface area contributed by atoms with Crippen molar-refractivity contribution in [2.45, 2.75) is 26.2 Å². The maximum absolute atomic E-state index is 11.3. The third-order valence-corrected chi connectivity index (χ3v) is 3.45. The van der Waals surface area contributed by atoms with Crippen LogP contribution in [0.2, 0.25) is 0 Å². The number of Topliss-reactive ketones (excluding diaryl/α,β-unsaturated/α-hetero) is 1. The van der Waals surface area contributed by atoms with E-state index in [4.69, 9.17) is 4.42 Å². The van der Waals surface area contributed by atoms with Gasteiger partial charge < -0.3 is 9.73 Å². The molecule has 2 heterocycles. The van der Waals surface area contributed by atoms with Gasteiger partial charge in [-0.3, -0.25) is 9.59 Å². The highest BCUT2D eigenvalue weighted by Gasteiger charge is 2.15. The van der Waals surface area contributed by atoms with Gasteiger partial charge in [-0.2, -0.15) is 0 Å². The second-order valence-electron chi connectivity index (χ2n) is 5.04. The largest absolute Gasteiger partial charge is 0.458 e. The Morgan fingerprint density at radius 2 is 2.10 bits per heavy atom. The summed E-state index contributed by atoms with van der Waals surface area (Å²) in [6.07, 6.45) is 1.95. The van der Waals surface area contributed by atoms with Crippen molar-refractivity contribution in [3.63, 3.8) is 0 Å². The van der Waals surface area contributed by atoms with Crippen molar-refractivity contribution in [1.82, 2.24) is 0 Å². The summed E-state index contributed by atoms with van der Waals surface area (Å²) >= 11 is 0. The van der Waals surface area contributed by atoms with Crippen molar-refractivity contribution in [3.8, 4) is 0 Å². The quantitative estimate of drug-likeness (QED) is 0.871. The molecule has 20 heavy (non-hydrogen) atoms. The molecular formula is C16H15NO3. The Morgan fingerprint density at radius 3 is 2.85 bits per heavy atom. The van der Waals surface area contributed by atoms with Crippen LogP contribution < -0.4 is 5.32 Å². The number of carbonyl (C=O) groups is 2. The second-order valence-corrected chi connectivity index (χ2v) is 5.04. The van der Waals surface area contributed by atoms with Gasteiger partial charge in [-0.15, -0.1) is 0 Å². The predicted octanol–water partition coefficient (Wildman–Crippen LogP) is 2.96. The Bertz CT molecular complexity index is 685. The first-order chi connectivity index (χ1) is 9.61. The average molecular weight is 269 g/mol. The van der Waals surface area contributed by atoms with E-state index in [-0.39, 0.29) is 11.7 Å². The summed E-state index contributed by atoms with van der Waals surface area (Å²) in [6.45, 7) is 1.49. The smallest absolute Gasteiger partial charge is 0.224 e.